The van der Waals surface area contributed by atoms with Crippen molar-refractivity contribution in [2.75, 3.05) is 12.4 Å². The van der Waals surface area contributed by atoms with Gasteiger partial charge >= 0.3 is 5.97 Å². The fourth-order valence-corrected chi connectivity index (χ4v) is 2.31. The standard InChI is InChI=1S/C11H11NO2S.ClH/c1-2-14-11(13)9-7-10-8(3-5-12-9)4-6-15-10;/h3-5,7H,2,6H2,1H3;1H. The van der Waals surface area contributed by atoms with Crippen molar-refractivity contribution < 1.29 is 9.53 Å². The minimum absolute atomic E-state index is 0. The maximum atomic E-state index is 11.5. The maximum absolute atomic E-state index is 11.5. The highest BCUT2D eigenvalue weighted by Gasteiger charge is 2.17. The van der Waals surface area contributed by atoms with Crippen LogP contribution in [0.1, 0.15) is 6.92 Å². The van der Waals surface area contributed by atoms with E-state index in [0.717, 1.165) is 16.2 Å². The number of aliphatic imine (C=N–C) groups is 1. The summed E-state index contributed by atoms with van der Waals surface area (Å²) in [6, 6.07) is 0. The smallest absolute Gasteiger partial charge is 0.356 e. The zero-order valence-electron chi connectivity index (χ0n) is 8.80. The highest BCUT2D eigenvalue weighted by molar-refractivity contribution is 8.03. The summed E-state index contributed by atoms with van der Waals surface area (Å²) >= 11 is 1.71. The Balaban J connectivity index is 0.00000128. The SMILES string of the molecule is CCOC(=O)C1=NC=CC2=CCSC2=C1.Cl. The third-order valence-corrected chi connectivity index (χ3v) is 3.04. The van der Waals surface area contributed by atoms with Crippen molar-refractivity contribution in [3.8, 4) is 0 Å². The van der Waals surface area contributed by atoms with E-state index in [2.05, 4.69) is 11.1 Å². The van der Waals surface area contributed by atoms with Gasteiger partial charge in [0.15, 0.2) is 0 Å². The first-order valence-electron chi connectivity index (χ1n) is 4.77. The summed E-state index contributed by atoms with van der Waals surface area (Å²) < 4.78 is 4.91. The molecule has 0 N–H and O–H groups in total. The Morgan fingerprint density at radius 2 is 2.44 bits per heavy atom. The van der Waals surface area contributed by atoms with Gasteiger partial charge in [0.25, 0.3) is 0 Å². The van der Waals surface area contributed by atoms with E-state index in [1.165, 1.54) is 0 Å². The Hall–Kier alpha value is -1.000. The molecule has 0 aromatic carbocycles. The van der Waals surface area contributed by atoms with Crippen molar-refractivity contribution in [2.45, 2.75) is 6.92 Å². The molecule has 5 heteroatoms. The van der Waals surface area contributed by atoms with Gasteiger partial charge in [0.05, 0.1) is 6.61 Å². The van der Waals surface area contributed by atoms with Crippen LogP contribution in [0.5, 0.6) is 0 Å². The Bertz CT molecular complexity index is 410. The second kappa shape index (κ2) is 5.92. The van der Waals surface area contributed by atoms with Gasteiger partial charge in [-0.3, -0.25) is 0 Å². The molecule has 0 fully saturated rings. The molecule has 0 bridgehead atoms. The highest BCUT2D eigenvalue weighted by Crippen LogP contribution is 2.32. The monoisotopic (exact) mass is 257 g/mol. The van der Waals surface area contributed by atoms with Crippen molar-refractivity contribution >= 4 is 35.8 Å². The number of hydrogen-bond donors (Lipinski definition) is 0. The fraction of sp³-hybridized carbons (Fsp3) is 0.273. The maximum Gasteiger partial charge on any atom is 0.356 e. The summed E-state index contributed by atoms with van der Waals surface area (Å²) in [5.41, 5.74) is 1.52. The van der Waals surface area contributed by atoms with Crippen LogP contribution in [0, 0.1) is 0 Å². The van der Waals surface area contributed by atoms with Gasteiger partial charge in [-0.05, 0) is 24.6 Å². The predicted octanol–water partition coefficient (Wildman–Crippen LogP) is 2.50. The first-order chi connectivity index (χ1) is 7.31. The average Bonchev–Trinajstić information content (AvgIpc) is 2.56. The number of halogens is 1. The summed E-state index contributed by atoms with van der Waals surface area (Å²) in [7, 11) is 0. The quantitative estimate of drug-likeness (QED) is 0.714. The number of carbonyl (C=O) groups is 1. The normalized spacial score (nSPS) is 17.4. The van der Waals surface area contributed by atoms with Gasteiger partial charge in [0, 0.05) is 16.9 Å². The number of fused-ring (bicyclic) bond motifs is 1. The number of thioether (sulfide) groups is 1. The van der Waals surface area contributed by atoms with Crippen molar-refractivity contribution in [1.29, 1.82) is 0 Å². The molecule has 2 heterocycles. The summed E-state index contributed by atoms with van der Waals surface area (Å²) in [6.45, 7) is 2.16. The molecule has 0 saturated carbocycles. The molecule has 0 aromatic heterocycles. The van der Waals surface area contributed by atoms with Crippen molar-refractivity contribution in [3.63, 3.8) is 0 Å². The largest absolute Gasteiger partial charge is 0.461 e. The summed E-state index contributed by atoms with van der Waals surface area (Å²) in [5.74, 6) is 0.602. The first-order valence-corrected chi connectivity index (χ1v) is 5.76. The Morgan fingerprint density at radius 3 is 3.19 bits per heavy atom. The van der Waals surface area contributed by atoms with Gasteiger partial charge in [-0.2, -0.15) is 0 Å². The Kier molecular flexibility index (Phi) is 4.83. The van der Waals surface area contributed by atoms with Gasteiger partial charge < -0.3 is 4.74 Å². The molecule has 16 heavy (non-hydrogen) atoms. The van der Waals surface area contributed by atoms with Gasteiger partial charge in [-0.25, -0.2) is 9.79 Å². The molecule has 2 aliphatic heterocycles. The molecule has 0 aromatic rings. The summed E-state index contributed by atoms with van der Waals surface area (Å²) in [4.78, 5) is 16.6. The van der Waals surface area contributed by atoms with E-state index in [1.807, 2.05) is 6.08 Å². The highest BCUT2D eigenvalue weighted by atomic mass is 35.5. The van der Waals surface area contributed by atoms with Gasteiger partial charge in [0.1, 0.15) is 5.71 Å². The second-order valence-electron chi connectivity index (χ2n) is 3.03. The molecule has 86 valence electrons. The van der Waals surface area contributed by atoms with Crippen molar-refractivity contribution in [1.82, 2.24) is 0 Å². The molecule has 0 amide bonds. The first kappa shape index (κ1) is 13.1. The Morgan fingerprint density at radius 1 is 1.62 bits per heavy atom. The second-order valence-corrected chi connectivity index (χ2v) is 4.09. The number of rotatable bonds is 2. The molecule has 0 atom stereocenters. The van der Waals surface area contributed by atoms with Crippen molar-refractivity contribution in [2.24, 2.45) is 4.99 Å². The lowest BCUT2D eigenvalue weighted by molar-refractivity contribution is -0.134. The Labute approximate surface area is 105 Å². The predicted molar refractivity (Wildman–Crippen MR) is 69.1 cm³/mol. The lowest BCUT2D eigenvalue weighted by atomic mass is 10.2. The third kappa shape index (κ3) is 2.77. The van der Waals surface area contributed by atoms with E-state index in [-0.39, 0.29) is 18.4 Å². The molecule has 2 aliphatic rings. The van der Waals surface area contributed by atoms with E-state index in [4.69, 9.17) is 4.74 Å². The van der Waals surface area contributed by atoms with E-state index >= 15 is 0 Å². The molecule has 0 unspecified atom stereocenters. The fourth-order valence-electron chi connectivity index (χ4n) is 1.36. The number of esters is 1. The van der Waals surface area contributed by atoms with Crippen LogP contribution in [0.25, 0.3) is 0 Å². The number of nitrogens with zero attached hydrogens (tertiary/aromatic N) is 1. The molecule has 2 rings (SSSR count). The topological polar surface area (TPSA) is 38.7 Å². The molecule has 0 radical (unpaired) electrons. The minimum Gasteiger partial charge on any atom is -0.461 e. The van der Waals surface area contributed by atoms with Gasteiger partial charge in [0.2, 0.25) is 0 Å². The van der Waals surface area contributed by atoms with Crippen LogP contribution < -0.4 is 0 Å². The number of ether oxygens (including phenoxy) is 1. The third-order valence-electron chi connectivity index (χ3n) is 2.05. The lowest BCUT2D eigenvalue weighted by Crippen LogP contribution is -2.15. The van der Waals surface area contributed by atoms with Crippen LogP contribution in [0.2, 0.25) is 0 Å². The molecule has 0 saturated heterocycles. The van der Waals surface area contributed by atoms with Crippen LogP contribution >= 0.6 is 24.2 Å². The van der Waals surface area contributed by atoms with Gasteiger partial charge in [-0.15, -0.1) is 24.2 Å². The molecule has 3 nitrogen and oxygen atoms in total. The molecular weight excluding hydrogens is 246 g/mol. The zero-order valence-corrected chi connectivity index (χ0v) is 10.4. The van der Waals surface area contributed by atoms with E-state index < -0.39 is 0 Å². The number of hydrogen-bond acceptors (Lipinski definition) is 4. The molecular formula is C11H12ClNO2S. The van der Waals surface area contributed by atoms with Crippen LogP contribution in [-0.2, 0) is 9.53 Å². The van der Waals surface area contributed by atoms with Crippen molar-refractivity contribution in [3.05, 3.63) is 34.9 Å². The van der Waals surface area contributed by atoms with Crippen LogP contribution in [0.4, 0.5) is 0 Å². The van der Waals surface area contributed by atoms with Crippen LogP contribution in [-0.4, -0.2) is 24.0 Å². The zero-order chi connectivity index (χ0) is 10.7. The average molecular weight is 258 g/mol. The van der Waals surface area contributed by atoms with Crippen LogP contribution in [0.3, 0.4) is 0 Å². The van der Waals surface area contributed by atoms with Crippen LogP contribution in [0.15, 0.2) is 39.9 Å². The lowest BCUT2D eigenvalue weighted by Gasteiger charge is -2.01. The number of allylic oxidation sites excluding steroid dienone is 2. The van der Waals surface area contributed by atoms with E-state index in [1.54, 1.807) is 31.0 Å². The van der Waals surface area contributed by atoms with Gasteiger partial charge in [-0.1, -0.05) is 6.08 Å². The molecule has 0 spiro atoms. The van der Waals surface area contributed by atoms with E-state index in [0.29, 0.717) is 12.3 Å². The number of carbonyl (C=O) groups excluding carboxylic acids is 1. The minimum atomic E-state index is -0.358. The summed E-state index contributed by atoms with van der Waals surface area (Å²) in [5, 5.41) is 0. The molecule has 0 aliphatic carbocycles. The van der Waals surface area contributed by atoms with E-state index in [9.17, 15) is 4.79 Å². The summed E-state index contributed by atoms with van der Waals surface area (Å²) in [6.07, 6.45) is 7.48.